The molecule has 0 atom stereocenters. The van der Waals surface area contributed by atoms with Crippen molar-refractivity contribution in [3.05, 3.63) is 18.2 Å². The minimum Gasteiger partial charge on any atom is -0.491 e. The Hall–Kier alpha value is -1.42. The first kappa shape index (κ1) is 15.6. The maximum absolute atomic E-state index is 6.06. The highest BCUT2D eigenvalue weighted by Gasteiger charge is 2.05. The Morgan fingerprint density at radius 3 is 2.74 bits per heavy atom. The lowest BCUT2D eigenvalue weighted by atomic mass is 10.2. The van der Waals surface area contributed by atoms with Crippen molar-refractivity contribution in [2.45, 2.75) is 27.2 Å². The number of para-hydroxylation sites is 1. The van der Waals surface area contributed by atoms with Gasteiger partial charge in [-0.3, -0.25) is 0 Å². The monoisotopic (exact) mass is 266 g/mol. The standard InChI is InChI=1S/C15H26N2O2/c1-4-9-19-14-7-5-6-13(15(14)16)17-8-10-18-11-12(2)3/h5-7,12,17H,4,8-11,16H2,1-3H3. The highest BCUT2D eigenvalue weighted by Crippen LogP contribution is 2.29. The zero-order chi connectivity index (χ0) is 14.1. The smallest absolute Gasteiger partial charge is 0.144 e. The van der Waals surface area contributed by atoms with Crippen molar-refractivity contribution in [1.82, 2.24) is 0 Å². The van der Waals surface area contributed by atoms with Gasteiger partial charge in [0.15, 0.2) is 0 Å². The van der Waals surface area contributed by atoms with Gasteiger partial charge in [0.05, 0.1) is 24.6 Å². The maximum Gasteiger partial charge on any atom is 0.144 e. The predicted octanol–water partition coefficient (Wildman–Crippen LogP) is 3.14. The molecule has 0 aliphatic heterocycles. The fourth-order valence-corrected chi connectivity index (χ4v) is 1.61. The van der Waals surface area contributed by atoms with Gasteiger partial charge in [0.1, 0.15) is 5.75 Å². The lowest BCUT2D eigenvalue weighted by molar-refractivity contribution is 0.118. The third-order valence-electron chi connectivity index (χ3n) is 2.54. The summed E-state index contributed by atoms with van der Waals surface area (Å²) in [5.41, 5.74) is 7.63. The van der Waals surface area contributed by atoms with Crippen LogP contribution in [0.3, 0.4) is 0 Å². The molecule has 0 heterocycles. The summed E-state index contributed by atoms with van der Waals surface area (Å²) in [4.78, 5) is 0. The molecule has 0 aromatic heterocycles. The van der Waals surface area contributed by atoms with E-state index in [4.69, 9.17) is 15.2 Å². The minimum absolute atomic E-state index is 0.566. The van der Waals surface area contributed by atoms with E-state index in [2.05, 4.69) is 26.1 Å². The summed E-state index contributed by atoms with van der Waals surface area (Å²) in [5, 5.41) is 3.27. The summed E-state index contributed by atoms with van der Waals surface area (Å²) >= 11 is 0. The van der Waals surface area contributed by atoms with Crippen molar-refractivity contribution >= 4 is 11.4 Å². The lowest BCUT2D eigenvalue weighted by Gasteiger charge is -2.14. The molecule has 0 aliphatic carbocycles. The molecular formula is C15H26N2O2. The number of anilines is 2. The number of rotatable bonds is 9. The molecule has 0 unspecified atom stereocenters. The molecule has 3 N–H and O–H groups in total. The summed E-state index contributed by atoms with van der Waals surface area (Å²) < 4.78 is 11.1. The van der Waals surface area contributed by atoms with Crippen molar-refractivity contribution in [2.24, 2.45) is 5.92 Å². The number of benzene rings is 1. The van der Waals surface area contributed by atoms with Gasteiger partial charge in [0, 0.05) is 13.2 Å². The van der Waals surface area contributed by atoms with E-state index in [1.807, 2.05) is 18.2 Å². The van der Waals surface area contributed by atoms with E-state index in [9.17, 15) is 0 Å². The van der Waals surface area contributed by atoms with Crippen molar-refractivity contribution in [3.8, 4) is 5.75 Å². The molecule has 0 aliphatic rings. The van der Waals surface area contributed by atoms with Gasteiger partial charge in [0.25, 0.3) is 0 Å². The van der Waals surface area contributed by atoms with Crippen LogP contribution in [0.15, 0.2) is 18.2 Å². The van der Waals surface area contributed by atoms with Gasteiger partial charge in [-0.15, -0.1) is 0 Å². The summed E-state index contributed by atoms with van der Waals surface area (Å²) in [6.45, 7) is 9.25. The van der Waals surface area contributed by atoms with Gasteiger partial charge < -0.3 is 20.5 Å². The van der Waals surface area contributed by atoms with Crippen molar-refractivity contribution in [3.63, 3.8) is 0 Å². The number of nitrogen functional groups attached to an aromatic ring is 1. The van der Waals surface area contributed by atoms with Crippen LogP contribution in [0, 0.1) is 5.92 Å². The highest BCUT2D eigenvalue weighted by atomic mass is 16.5. The molecule has 1 rings (SSSR count). The van der Waals surface area contributed by atoms with Crippen LogP contribution < -0.4 is 15.8 Å². The molecule has 0 bridgehead atoms. The lowest BCUT2D eigenvalue weighted by Crippen LogP contribution is -2.13. The average molecular weight is 266 g/mol. The summed E-state index contributed by atoms with van der Waals surface area (Å²) in [6.07, 6.45) is 0.972. The van der Waals surface area contributed by atoms with Gasteiger partial charge in [-0.25, -0.2) is 0 Å². The number of ether oxygens (including phenoxy) is 2. The number of nitrogens with one attached hydrogen (secondary N) is 1. The zero-order valence-corrected chi connectivity index (χ0v) is 12.2. The molecule has 1 aromatic rings. The van der Waals surface area contributed by atoms with Crippen molar-refractivity contribution in [2.75, 3.05) is 37.4 Å². The van der Waals surface area contributed by atoms with Crippen molar-refractivity contribution < 1.29 is 9.47 Å². The second kappa shape index (κ2) is 8.64. The second-order valence-electron chi connectivity index (χ2n) is 4.96. The van der Waals surface area contributed by atoms with E-state index in [1.54, 1.807) is 0 Å². The molecule has 0 saturated carbocycles. The minimum atomic E-state index is 0.566. The number of hydrogen-bond acceptors (Lipinski definition) is 4. The van der Waals surface area contributed by atoms with E-state index in [1.165, 1.54) is 0 Å². The van der Waals surface area contributed by atoms with Gasteiger partial charge in [-0.05, 0) is 24.5 Å². The van der Waals surface area contributed by atoms with Crippen LogP contribution in [0.4, 0.5) is 11.4 Å². The molecule has 0 saturated heterocycles. The summed E-state index contributed by atoms with van der Waals surface area (Å²) in [6, 6.07) is 5.79. The molecule has 0 amide bonds. The molecule has 0 spiro atoms. The second-order valence-corrected chi connectivity index (χ2v) is 4.96. The molecule has 108 valence electrons. The largest absolute Gasteiger partial charge is 0.491 e. The Morgan fingerprint density at radius 2 is 2.05 bits per heavy atom. The first-order valence-electron chi connectivity index (χ1n) is 6.98. The van der Waals surface area contributed by atoms with E-state index < -0.39 is 0 Å². The molecular weight excluding hydrogens is 240 g/mol. The van der Waals surface area contributed by atoms with Crippen LogP contribution in [-0.2, 0) is 4.74 Å². The van der Waals surface area contributed by atoms with Crippen LogP contribution in [0.5, 0.6) is 5.75 Å². The SMILES string of the molecule is CCCOc1cccc(NCCOCC(C)C)c1N. The topological polar surface area (TPSA) is 56.5 Å². The average Bonchev–Trinajstić information content (AvgIpc) is 2.38. The van der Waals surface area contributed by atoms with Gasteiger partial charge in [-0.2, -0.15) is 0 Å². The number of hydrogen-bond donors (Lipinski definition) is 2. The molecule has 19 heavy (non-hydrogen) atoms. The third-order valence-corrected chi connectivity index (χ3v) is 2.54. The Bertz CT molecular complexity index is 367. The summed E-state index contributed by atoms with van der Waals surface area (Å²) in [5.74, 6) is 1.31. The summed E-state index contributed by atoms with van der Waals surface area (Å²) in [7, 11) is 0. The number of nitrogens with two attached hydrogens (primary N) is 1. The third kappa shape index (κ3) is 5.83. The fourth-order valence-electron chi connectivity index (χ4n) is 1.61. The van der Waals surface area contributed by atoms with E-state index in [0.29, 0.717) is 24.8 Å². The van der Waals surface area contributed by atoms with E-state index in [-0.39, 0.29) is 0 Å². The quantitative estimate of drug-likeness (QED) is 0.532. The van der Waals surface area contributed by atoms with Crippen LogP contribution in [0.2, 0.25) is 0 Å². The Morgan fingerprint density at radius 1 is 1.26 bits per heavy atom. The van der Waals surface area contributed by atoms with Crippen LogP contribution >= 0.6 is 0 Å². The first-order chi connectivity index (χ1) is 9.15. The van der Waals surface area contributed by atoms with E-state index in [0.717, 1.165) is 31.0 Å². The Labute approximate surface area is 116 Å². The predicted molar refractivity (Wildman–Crippen MR) is 80.8 cm³/mol. The Balaban J connectivity index is 2.40. The molecule has 1 aromatic carbocycles. The molecule has 0 radical (unpaired) electrons. The fraction of sp³-hybridized carbons (Fsp3) is 0.600. The molecule has 4 nitrogen and oxygen atoms in total. The molecule has 0 fully saturated rings. The maximum atomic E-state index is 6.06. The Kier molecular flexibility index (Phi) is 7.11. The van der Waals surface area contributed by atoms with Gasteiger partial charge >= 0.3 is 0 Å². The highest BCUT2D eigenvalue weighted by molar-refractivity contribution is 5.72. The zero-order valence-electron chi connectivity index (χ0n) is 12.2. The molecule has 4 heteroatoms. The van der Waals surface area contributed by atoms with Crippen molar-refractivity contribution in [1.29, 1.82) is 0 Å². The van der Waals surface area contributed by atoms with E-state index >= 15 is 0 Å². The normalized spacial score (nSPS) is 10.7. The van der Waals surface area contributed by atoms with Crippen LogP contribution in [-0.4, -0.2) is 26.4 Å². The first-order valence-corrected chi connectivity index (χ1v) is 6.98. The van der Waals surface area contributed by atoms with Gasteiger partial charge in [0.2, 0.25) is 0 Å². The van der Waals surface area contributed by atoms with Crippen LogP contribution in [0.25, 0.3) is 0 Å². The van der Waals surface area contributed by atoms with Gasteiger partial charge in [-0.1, -0.05) is 26.8 Å². The van der Waals surface area contributed by atoms with Crippen LogP contribution in [0.1, 0.15) is 27.2 Å².